The van der Waals surface area contributed by atoms with Gasteiger partial charge in [0.15, 0.2) is 0 Å². The number of benzene rings is 2. The van der Waals surface area contributed by atoms with Gasteiger partial charge in [-0.25, -0.2) is 0 Å². The molecule has 0 spiro atoms. The van der Waals surface area contributed by atoms with Gasteiger partial charge in [0.05, 0.1) is 0 Å². The molecule has 0 saturated heterocycles. The average Bonchev–Trinajstić information content (AvgIpc) is 2.03. The zero-order valence-corrected chi connectivity index (χ0v) is 7.60. The van der Waals surface area contributed by atoms with E-state index >= 15 is 0 Å². The number of rotatable bonds is 0. The Hall–Kier alpha value is -1.01. The average molecular weight is 177 g/mol. The summed E-state index contributed by atoms with van der Waals surface area (Å²) in [4.78, 5) is 0. The number of hydrogen-bond acceptors (Lipinski definition) is 0. The third-order valence-corrected chi connectivity index (χ3v) is 2.19. The van der Waals surface area contributed by atoms with Gasteiger partial charge in [0.2, 0.25) is 0 Å². The van der Waals surface area contributed by atoms with E-state index < -0.39 is 0 Å². The third kappa shape index (κ3) is 1.30. The van der Waals surface area contributed by atoms with Crippen LogP contribution in [0.2, 0.25) is 5.02 Å². The maximum absolute atomic E-state index is 5.87. The highest BCUT2D eigenvalue weighted by atomic mass is 35.5. The quantitative estimate of drug-likeness (QED) is 0.573. The molecule has 0 unspecified atom stereocenters. The van der Waals surface area contributed by atoms with Crippen molar-refractivity contribution in [3.8, 4) is 0 Å². The first-order chi connectivity index (χ1) is 5.75. The van der Waals surface area contributed by atoms with E-state index in [0.717, 1.165) is 5.02 Å². The van der Waals surface area contributed by atoms with Gasteiger partial charge < -0.3 is 0 Å². The van der Waals surface area contributed by atoms with E-state index in [4.69, 9.17) is 11.6 Å². The predicted octanol–water partition coefficient (Wildman–Crippen LogP) is 3.80. The Bertz CT molecular complexity index is 382. The van der Waals surface area contributed by atoms with Crippen LogP contribution in [0.4, 0.5) is 0 Å². The van der Waals surface area contributed by atoms with E-state index in [9.17, 15) is 0 Å². The molecule has 0 fully saturated rings. The van der Waals surface area contributed by atoms with Gasteiger partial charge in [-0.15, -0.1) is 0 Å². The Morgan fingerprint density at radius 1 is 0.917 bits per heavy atom. The van der Waals surface area contributed by atoms with Gasteiger partial charge in [-0.1, -0.05) is 41.4 Å². The van der Waals surface area contributed by atoms with Crippen molar-refractivity contribution in [1.82, 2.24) is 0 Å². The van der Waals surface area contributed by atoms with Crippen LogP contribution in [-0.4, -0.2) is 0 Å². The van der Waals surface area contributed by atoms with Crippen molar-refractivity contribution in [2.45, 2.75) is 6.92 Å². The van der Waals surface area contributed by atoms with Crippen LogP contribution in [0.5, 0.6) is 0 Å². The van der Waals surface area contributed by atoms with Crippen LogP contribution in [0.25, 0.3) is 10.8 Å². The lowest BCUT2D eigenvalue weighted by Crippen LogP contribution is -1.74. The maximum Gasteiger partial charge on any atom is 0.0412 e. The van der Waals surface area contributed by atoms with Crippen LogP contribution in [0.15, 0.2) is 36.4 Å². The molecular formula is C11H9Cl. The molecule has 0 bridgehead atoms. The minimum absolute atomic E-state index is 0.799. The molecule has 0 heterocycles. The minimum atomic E-state index is 0.799. The van der Waals surface area contributed by atoms with E-state index in [0.29, 0.717) is 0 Å². The highest BCUT2D eigenvalue weighted by Gasteiger charge is 1.93. The van der Waals surface area contributed by atoms with Crippen molar-refractivity contribution in [3.05, 3.63) is 47.0 Å². The van der Waals surface area contributed by atoms with Crippen molar-refractivity contribution in [3.63, 3.8) is 0 Å². The first kappa shape index (κ1) is 7.63. The van der Waals surface area contributed by atoms with E-state index in [1.807, 2.05) is 18.2 Å². The van der Waals surface area contributed by atoms with Gasteiger partial charge in [0, 0.05) is 5.02 Å². The molecule has 0 aliphatic heterocycles. The number of hydrogen-bond donors (Lipinski definition) is 0. The molecular weight excluding hydrogens is 168 g/mol. The summed E-state index contributed by atoms with van der Waals surface area (Å²) >= 11 is 5.87. The smallest absolute Gasteiger partial charge is 0.0412 e. The molecule has 60 valence electrons. The van der Waals surface area contributed by atoms with Gasteiger partial charge >= 0.3 is 0 Å². The molecule has 1 heteroatoms. The van der Waals surface area contributed by atoms with Gasteiger partial charge in [0.25, 0.3) is 0 Å². The van der Waals surface area contributed by atoms with Crippen molar-refractivity contribution < 1.29 is 0 Å². The van der Waals surface area contributed by atoms with Crippen LogP contribution in [0.3, 0.4) is 0 Å². The number of aryl methyl sites for hydroxylation is 1. The van der Waals surface area contributed by atoms with Crippen LogP contribution in [0, 0.1) is 6.92 Å². The summed E-state index contributed by atoms with van der Waals surface area (Å²) in [6.07, 6.45) is 0. The summed E-state index contributed by atoms with van der Waals surface area (Å²) in [5.41, 5.74) is 1.27. The standard InChI is InChI=1S/C11H9Cl/c1-8-2-3-9-4-5-11(12)7-10(9)6-8/h2-7H,1H3. The molecule has 0 nitrogen and oxygen atoms in total. The lowest BCUT2D eigenvalue weighted by Gasteiger charge is -1.98. The van der Waals surface area contributed by atoms with E-state index in [1.165, 1.54) is 16.3 Å². The summed E-state index contributed by atoms with van der Waals surface area (Å²) in [6, 6.07) is 12.3. The first-order valence-corrected chi connectivity index (χ1v) is 4.29. The topological polar surface area (TPSA) is 0 Å². The fourth-order valence-electron chi connectivity index (χ4n) is 1.34. The molecule has 0 aromatic heterocycles. The molecule has 2 rings (SSSR count). The molecule has 2 aromatic carbocycles. The van der Waals surface area contributed by atoms with Gasteiger partial charge in [0.1, 0.15) is 0 Å². The van der Waals surface area contributed by atoms with Crippen molar-refractivity contribution in [2.75, 3.05) is 0 Å². The molecule has 0 radical (unpaired) electrons. The molecule has 12 heavy (non-hydrogen) atoms. The predicted molar refractivity (Wildman–Crippen MR) is 53.7 cm³/mol. The monoisotopic (exact) mass is 176 g/mol. The normalized spacial score (nSPS) is 10.5. The Balaban J connectivity index is 2.80. The highest BCUT2D eigenvalue weighted by Crippen LogP contribution is 2.19. The molecule has 2 aromatic rings. The van der Waals surface area contributed by atoms with Gasteiger partial charge in [-0.2, -0.15) is 0 Å². The summed E-state index contributed by atoms with van der Waals surface area (Å²) in [6.45, 7) is 2.08. The number of halogens is 1. The molecule has 0 atom stereocenters. The van der Waals surface area contributed by atoms with Crippen LogP contribution in [-0.2, 0) is 0 Å². The fraction of sp³-hybridized carbons (Fsp3) is 0.0909. The van der Waals surface area contributed by atoms with Gasteiger partial charge in [-0.05, 0) is 29.8 Å². The zero-order chi connectivity index (χ0) is 8.55. The van der Waals surface area contributed by atoms with Crippen molar-refractivity contribution in [1.29, 1.82) is 0 Å². The Morgan fingerprint density at radius 2 is 1.67 bits per heavy atom. The molecule has 0 N–H and O–H groups in total. The number of fused-ring (bicyclic) bond motifs is 1. The fourth-order valence-corrected chi connectivity index (χ4v) is 1.52. The second-order valence-corrected chi connectivity index (χ2v) is 3.43. The van der Waals surface area contributed by atoms with Crippen molar-refractivity contribution >= 4 is 22.4 Å². The summed E-state index contributed by atoms with van der Waals surface area (Å²) in [5, 5.41) is 3.25. The minimum Gasteiger partial charge on any atom is -0.0843 e. The lowest BCUT2D eigenvalue weighted by molar-refractivity contribution is 1.51. The zero-order valence-electron chi connectivity index (χ0n) is 6.84. The largest absolute Gasteiger partial charge is 0.0843 e. The second kappa shape index (κ2) is 2.80. The van der Waals surface area contributed by atoms with Crippen LogP contribution in [0.1, 0.15) is 5.56 Å². The van der Waals surface area contributed by atoms with E-state index in [2.05, 4.69) is 25.1 Å². The Morgan fingerprint density at radius 3 is 2.50 bits per heavy atom. The van der Waals surface area contributed by atoms with Crippen LogP contribution < -0.4 is 0 Å². The molecule has 0 aliphatic carbocycles. The van der Waals surface area contributed by atoms with E-state index in [-0.39, 0.29) is 0 Å². The van der Waals surface area contributed by atoms with Crippen molar-refractivity contribution in [2.24, 2.45) is 0 Å². The molecule has 0 saturated carbocycles. The Labute approximate surface area is 76.8 Å². The molecule has 0 aliphatic rings. The summed E-state index contributed by atoms with van der Waals surface area (Å²) < 4.78 is 0. The second-order valence-electron chi connectivity index (χ2n) is 2.99. The first-order valence-electron chi connectivity index (χ1n) is 3.92. The van der Waals surface area contributed by atoms with Gasteiger partial charge in [-0.3, -0.25) is 0 Å². The lowest BCUT2D eigenvalue weighted by atomic mass is 10.1. The maximum atomic E-state index is 5.87. The summed E-state index contributed by atoms with van der Waals surface area (Å²) in [7, 11) is 0. The SMILES string of the molecule is Cc1ccc2ccc(Cl)cc2c1. The van der Waals surface area contributed by atoms with Crippen LogP contribution >= 0.6 is 11.6 Å². The third-order valence-electron chi connectivity index (χ3n) is 1.96. The molecule has 0 amide bonds. The van der Waals surface area contributed by atoms with E-state index in [1.54, 1.807) is 0 Å². The Kier molecular flexibility index (Phi) is 1.78. The highest BCUT2D eigenvalue weighted by molar-refractivity contribution is 6.31. The summed E-state index contributed by atoms with van der Waals surface area (Å²) in [5.74, 6) is 0.